The van der Waals surface area contributed by atoms with Crippen LogP contribution in [0.3, 0.4) is 0 Å². The fraction of sp³-hybridized carbons (Fsp3) is 0.423. The number of nitrogens with one attached hydrogen (secondary N) is 2. The predicted octanol–water partition coefficient (Wildman–Crippen LogP) is 1.96. The average molecular weight is 530 g/mol. The third-order valence-corrected chi connectivity index (χ3v) is 8.10. The molecule has 4 N–H and O–H groups in total. The number of imidazole rings is 1. The van der Waals surface area contributed by atoms with E-state index in [-0.39, 0.29) is 23.4 Å². The normalized spacial score (nSPS) is 15.9. The Bertz CT molecular complexity index is 1220. The van der Waals surface area contributed by atoms with Gasteiger partial charge in [-0.2, -0.15) is 4.31 Å². The highest BCUT2D eigenvalue weighted by Gasteiger charge is 2.30. The number of sulfonamides is 1. The van der Waals surface area contributed by atoms with Crippen LogP contribution in [0.15, 0.2) is 66.1 Å². The molecule has 4 rings (SSSR count). The Morgan fingerprint density at radius 2 is 1.81 bits per heavy atom. The number of benzene rings is 2. The van der Waals surface area contributed by atoms with Gasteiger partial charge in [-0.3, -0.25) is 0 Å². The molecule has 1 saturated heterocycles. The van der Waals surface area contributed by atoms with E-state index in [1.807, 2.05) is 12.1 Å². The molecule has 0 amide bonds. The number of nitrogens with zero attached hydrogens (tertiary/aromatic N) is 3. The van der Waals surface area contributed by atoms with Crippen molar-refractivity contribution >= 4 is 15.7 Å². The monoisotopic (exact) mass is 529 g/mol. The van der Waals surface area contributed by atoms with Crippen molar-refractivity contribution in [1.29, 1.82) is 0 Å². The lowest BCUT2D eigenvalue weighted by molar-refractivity contribution is 0.106. The Morgan fingerprint density at radius 3 is 2.46 bits per heavy atom. The molecule has 11 heteroatoms. The number of aryl methyl sites for hydroxylation is 1. The molecule has 0 bridgehead atoms. The molecule has 1 aromatic heterocycles. The van der Waals surface area contributed by atoms with Gasteiger partial charge in [0.15, 0.2) is 5.03 Å². The van der Waals surface area contributed by atoms with Crippen LogP contribution in [0.4, 0.5) is 5.69 Å². The summed E-state index contributed by atoms with van der Waals surface area (Å²) >= 11 is 0. The lowest BCUT2D eigenvalue weighted by Crippen LogP contribution is -2.42. The molecule has 0 spiro atoms. The Labute approximate surface area is 218 Å². The molecule has 0 saturated carbocycles. The molecule has 200 valence electrons. The van der Waals surface area contributed by atoms with Crippen LogP contribution in [0.5, 0.6) is 11.5 Å². The van der Waals surface area contributed by atoms with Crippen molar-refractivity contribution in [1.82, 2.24) is 19.2 Å². The number of anilines is 1. The number of hydrogen-bond acceptors (Lipinski definition) is 8. The second kappa shape index (κ2) is 12.4. The van der Waals surface area contributed by atoms with Gasteiger partial charge in [-0.15, -0.1) is 0 Å². The van der Waals surface area contributed by atoms with Crippen LogP contribution in [-0.2, 0) is 23.5 Å². The van der Waals surface area contributed by atoms with E-state index in [0.29, 0.717) is 25.4 Å². The lowest BCUT2D eigenvalue weighted by atomic mass is 10.1. The van der Waals surface area contributed by atoms with E-state index in [1.54, 1.807) is 35.9 Å². The molecular weight excluding hydrogens is 494 g/mol. The molecule has 0 aliphatic carbocycles. The lowest BCUT2D eigenvalue weighted by Gasteiger charge is -2.31. The van der Waals surface area contributed by atoms with Crippen LogP contribution in [0.1, 0.15) is 18.4 Å². The maximum atomic E-state index is 12.7. The van der Waals surface area contributed by atoms with Crippen molar-refractivity contribution in [2.24, 2.45) is 7.05 Å². The van der Waals surface area contributed by atoms with Crippen LogP contribution < -0.4 is 15.4 Å². The predicted molar refractivity (Wildman–Crippen MR) is 141 cm³/mol. The van der Waals surface area contributed by atoms with Crippen LogP contribution in [0.25, 0.3) is 0 Å². The minimum Gasteiger partial charge on any atom is -0.508 e. The summed E-state index contributed by atoms with van der Waals surface area (Å²) in [6, 6.07) is 14.9. The van der Waals surface area contributed by atoms with Gasteiger partial charge in [0.2, 0.25) is 0 Å². The largest absolute Gasteiger partial charge is 0.508 e. The number of phenolic OH excluding ortho intramolecular Hbond substituents is 1. The van der Waals surface area contributed by atoms with Gasteiger partial charge in [0.05, 0.1) is 6.33 Å². The molecule has 1 fully saturated rings. The zero-order valence-corrected chi connectivity index (χ0v) is 21.8. The van der Waals surface area contributed by atoms with Gasteiger partial charge < -0.3 is 30.2 Å². The minimum atomic E-state index is -3.54. The highest BCUT2D eigenvalue weighted by molar-refractivity contribution is 7.89. The second-order valence-corrected chi connectivity index (χ2v) is 11.2. The zero-order chi connectivity index (χ0) is 26.3. The fourth-order valence-electron chi connectivity index (χ4n) is 4.19. The van der Waals surface area contributed by atoms with Crippen LogP contribution in [0, 0.1) is 0 Å². The number of aromatic hydroxyl groups is 1. The van der Waals surface area contributed by atoms with Crippen molar-refractivity contribution in [3.63, 3.8) is 0 Å². The SMILES string of the molecule is Cn1cnc(S(=O)(=O)N2CCC(Nc3ccc(CCNC[C@@H](O)COc4ccc(O)cc4)cc3)CC2)c1. The summed E-state index contributed by atoms with van der Waals surface area (Å²) in [5.74, 6) is 0.777. The van der Waals surface area contributed by atoms with Crippen molar-refractivity contribution in [2.45, 2.75) is 36.4 Å². The summed E-state index contributed by atoms with van der Waals surface area (Å²) in [6.45, 7) is 2.25. The summed E-state index contributed by atoms with van der Waals surface area (Å²) < 4.78 is 34.2. The van der Waals surface area contributed by atoms with E-state index in [0.717, 1.165) is 31.5 Å². The number of phenols is 1. The average Bonchev–Trinajstić information content (AvgIpc) is 3.35. The molecular formula is C26H35N5O5S. The topological polar surface area (TPSA) is 129 Å². The van der Waals surface area contributed by atoms with Crippen molar-refractivity contribution in [3.05, 3.63) is 66.6 Å². The maximum absolute atomic E-state index is 12.7. The van der Waals surface area contributed by atoms with Gasteiger partial charge in [-0.1, -0.05) is 12.1 Å². The van der Waals surface area contributed by atoms with E-state index >= 15 is 0 Å². The number of rotatable bonds is 12. The van der Waals surface area contributed by atoms with Crippen LogP contribution >= 0.6 is 0 Å². The van der Waals surface area contributed by atoms with E-state index in [9.17, 15) is 18.6 Å². The number of aliphatic hydroxyl groups excluding tert-OH is 1. The van der Waals surface area contributed by atoms with Gasteiger partial charge in [0.1, 0.15) is 24.2 Å². The Balaban J connectivity index is 1.13. The number of piperidine rings is 1. The Hall–Kier alpha value is -3.12. The number of hydrogen-bond donors (Lipinski definition) is 4. The number of aliphatic hydroxyl groups is 1. The van der Waals surface area contributed by atoms with E-state index in [1.165, 1.54) is 22.4 Å². The highest BCUT2D eigenvalue weighted by Crippen LogP contribution is 2.22. The summed E-state index contributed by atoms with van der Waals surface area (Å²) in [6.07, 6.45) is 4.70. The zero-order valence-electron chi connectivity index (χ0n) is 21.0. The van der Waals surface area contributed by atoms with Gasteiger partial charge in [0.25, 0.3) is 10.0 Å². The Kier molecular flexibility index (Phi) is 9.04. The van der Waals surface area contributed by atoms with Gasteiger partial charge in [-0.05, 0) is 67.8 Å². The quantitative estimate of drug-likeness (QED) is 0.262. The molecule has 2 aromatic carbocycles. The minimum absolute atomic E-state index is 0.100. The first-order valence-corrected chi connectivity index (χ1v) is 13.9. The van der Waals surface area contributed by atoms with Gasteiger partial charge >= 0.3 is 0 Å². The third kappa shape index (κ3) is 7.68. The molecule has 3 aromatic rings. The van der Waals surface area contributed by atoms with Gasteiger partial charge in [-0.25, -0.2) is 13.4 Å². The first-order chi connectivity index (χ1) is 17.8. The number of aromatic nitrogens is 2. The van der Waals surface area contributed by atoms with Crippen molar-refractivity contribution in [2.75, 3.05) is 38.1 Å². The smallest absolute Gasteiger partial charge is 0.262 e. The van der Waals surface area contributed by atoms with E-state index in [2.05, 4.69) is 27.8 Å². The third-order valence-electron chi connectivity index (χ3n) is 6.31. The maximum Gasteiger partial charge on any atom is 0.262 e. The molecule has 0 unspecified atom stereocenters. The van der Waals surface area contributed by atoms with Crippen molar-refractivity contribution < 1.29 is 23.4 Å². The molecule has 1 atom stereocenters. The molecule has 10 nitrogen and oxygen atoms in total. The summed E-state index contributed by atoms with van der Waals surface area (Å²) in [5, 5.41) is 26.2. The van der Waals surface area contributed by atoms with Crippen LogP contribution in [-0.4, -0.2) is 77.4 Å². The second-order valence-electron chi connectivity index (χ2n) is 9.31. The molecule has 2 heterocycles. The Morgan fingerprint density at radius 1 is 1.11 bits per heavy atom. The number of ether oxygens (including phenoxy) is 1. The first-order valence-electron chi connectivity index (χ1n) is 12.4. The van der Waals surface area contributed by atoms with Gasteiger partial charge in [0, 0.05) is 44.6 Å². The molecule has 37 heavy (non-hydrogen) atoms. The molecule has 1 aliphatic heterocycles. The standard InChI is InChI=1S/C26H35N5O5S/c1-30-17-26(28-19-30)37(34,35)31-14-11-22(12-15-31)29-21-4-2-20(3-5-21)10-13-27-16-24(33)18-36-25-8-6-23(32)7-9-25/h2-9,17,19,22,24,27,29,32-33H,10-16,18H2,1H3/t24-/m1/s1. The molecule has 0 radical (unpaired) electrons. The summed E-state index contributed by atoms with van der Waals surface area (Å²) in [7, 11) is -1.78. The summed E-state index contributed by atoms with van der Waals surface area (Å²) in [5.41, 5.74) is 2.20. The van der Waals surface area contributed by atoms with Crippen LogP contribution in [0.2, 0.25) is 0 Å². The first kappa shape index (κ1) is 26.9. The van der Waals surface area contributed by atoms with E-state index < -0.39 is 16.1 Å². The highest BCUT2D eigenvalue weighted by atomic mass is 32.2. The van der Waals surface area contributed by atoms with E-state index in [4.69, 9.17) is 4.74 Å². The fourth-order valence-corrected chi connectivity index (χ4v) is 5.63. The summed E-state index contributed by atoms with van der Waals surface area (Å²) in [4.78, 5) is 4.00. The molecule has 1 aliphatic rings. The van der Waals surface area contributed by atoms with Crippen molar-refractivity contribution in [3.8, 4) is 11.5 Å².